The first-order valence-corrected chi connectivity index (χ1v) is 9.10. The van der Waals surface area contributed by atoms with E-state index in [0.717, 1.165) is 0 Å². The van der Waals surface area contributed by atoms with Crippen LogP contribution in [0.5, 0.6) is 5.75 Å². The number of benzene rings is 1. The topological polar surface area (TPSA) is 122 Å². The van der Waals surface area contributed by atoms with Gasteiger partial charge in [0.25, 0.3) is 0 Å². The molecule has 2 amide bonds. The van der Waals surface area contributed by atoms with Crippen molar-refractivity contribution in [1.82, 2.24) is 10.2 Å². The maximum atomic E-state index is 12.3. The third-order valence-corrected chi connectivity index (χ3v) is 4.15. The summed E-state index contributed by atoms with van der Waals surface area (Å²) in [4.78, 5) is 48.4. The van der Waals surface area contributed by atoms with Gasteiger partial charge in [0.2, 0.25) is 11.8 Å². The number of carboxylic acid groups (broad SMARTS) is 1. The standard InChI is InChI=1S/C19H24N2O7/c22-16(7-4-8-17(23)24)21-10-9-20-19(26)15(21)13-18(25)28-12-11-27-14-5-2-1-3-6-14/h1-3,5-6,15H,4,7-13H2,(H,20,26)(H,23,24)/t15-/m1/s1. The van der Waals surface area contributed by atoms with Crippen molar-refractivity contribution in [1.29, 1.82) is 0 Å². The number of para-hydroxylation sites is 1. The van der Waals surface area contributed by atoms with E-state index in [9.17, 15) is 19.2 Å². The number of nitrogens with one attached hydrogen (secondary N) is 1. The summed E-state index contributed by atoms with van der Waals surface area (Å²) < 4.78 is 10.5. The van der Waals surface area contributed by atoms with E-state index in [1.807, 2.05) is 18.2 Å². The molecule has 0 aromatic heterocycles. The van der Waals surface area contributed by atoms with Crippen molar-refractivity contribution in [3.05, 3.63) is 30.3 Å². The summed E-state index contributed by atoms with van der Waals surface area (Å²) in [5, 5.41) is 11.3. The third-order valence-electron chi connectivity index (χ3n) is 4.15. The smallest absolute Gasteiger partial charge is 0.308 e. The number of ether oxygens (including phenoxy) is 2. The zero-order valence-corrected chi connectivity index (χ0v) is 15.5. The van der Waals surface area contributed by atoms with Crippen LogP contribution in [0, 0.1) is 0 Å². The van der Waals surface area contributed by atoms with Gasteiger partial charge in [-0.3, -0.25) is 19.2 Å². The fourth-order valence-electron chi connectivity index (χ4n) is 2.80. The minimum atomic E-state index is -0.984. The van der Waals surface area contributed by atoms with Gasteiger partial charge in [-0.1, -0.05) is 18.2 Å². The molecule has 9 heteroatoms. The van der Waals surface area contributed by atoms with Crippen LogP contribution in [0.25, 0.3) is 0 Å². The van der Waals surface area contributed by atoms with Gasteiger partial charge in [0.15, 0.2) is 0 Å². The molecular formula is C19H24N2O7. The minimum Gasteiger partial charge on any atom is -0.490 e. The molecule has 0 radical (unpaired) electrons. The molecule has 0 aliphatic carbocycles. The van der Waals surface area contributed by atoms with E-state index in [1.165, 1.54) is 4.90 Å². The van der Waals surface area contributed by atoms with Crippen molar-refractivity contribution in [2.45, 2.75) is 31.7 Å². The molecular weight excluding hydrogens is 368 g/mol. The van der Waals surface area contributed by atoms with Gasteiger partial charge in [0, 0.05) is 25.9 Å². The number of esters is 1. The van der Waals surface area contributed by atoms with Gasteiger partial charge in [-0.15, -0.1) is 0 Å². The molecule has 0 bridgehead atoms. The van der Waals surface area contributed by atoms with E-state index in [-0.39, 0.29) is 51.3 Å². The zero-order valence-electron chi connectivity index (χ0n) is 15.5. The molecule has 1 aliphatic rings. The van der Waals surface area contributed by atoms with Crippen LogP contribution in [0.4, 0.5) is 0 Å². The fraction of sp³-hybridized carbons (Fsp3) is 0.474. The molecule has 1 fully saturated rings. The van der Waals surface area contributed by atoms with Crippen LogP contribution in [0.3, 0.4) is 0 Å². The van der Waals surface area contributed by atoms with Crippen molar-refractivity contribution in [2.75, 3.05) is 26.3 Å². The number of carbonyl (C=O) groups excluding carboxylic acids is 3. The largest absolute Gasteiger partial charge is 0.490 e. The predicted molar refractivity (Wildman–Crippen MR) is 97.5 cm³/mol. The number of amides is 2. The number of piperazine rings is 1. The summed E-state index contributed by atoms with van der Waals surface area (Å²) in [6, 6.07) is 8.12. The van der Waals surface area contributed by atoms with E-state index in [4.69, 9.17) is 14.6 Å². The summed E-state index contributed by atoms with van der Waals surface area (Å²) in [5.74, 6) is -1.70. The average molecular weight is 392 g/mol. The van der Waals surface area contributed by atoms with E-state index in [2.05, 4.69) is 5.32 Å². The molecule has 1 atom stereocenters. The van der Waals surface area contributed by atoms with Gasteiger partial charge in [0.05, 0.1) is 6.42 Å². The van der Waals surface area contributed by atoms with Gasteiger partial charge in [-0.05, 0) is 18.6 Å². The van der Waals surface area contributed by atoms with E-state index >= 15 is 0 Å². The number of nitrogens with zero attached hydrogens (tertiary/aromatic N) is 1. The molecule has 2 N–H and O–H groups in total. The van der Waals surface area contributed by atoms with Gasteiger partial charge < -0.3 is 24.8 Å². The molecule has 1 saturated heterocycles. The molecule has 0 spiro atoms. The van der Waals surface area contributed by atoms with E-state index in [1.54, 1.807) is 12.1 Å². The zero-order chi connectivity index (χ0) is 20.4. The van der Waals surface area contributed by atoms with Crippen molar-refractivity contribution >= 4 is 23.8 Å². The highest BCUT2D eigenvalue weighted by Gasteiger charge is 2.34. The van der Waals surface area contributed by atoms with Gasteiger partial charge in [-0.25, -0.2) is 0 Å². The van der Waals surface area contributed by atoms with Crippen molar-refractivity contribution in [2.24, 2.45) is 0 Å². The molecule has 1 heterocycles. The minimum absolute atomic E-state index is 0.00996. The Labute approximate surface area is 162 Å². The molecule has 9 nitrogen and oxygen atoms in total. The molecule has 2 rings (SSSR count). The highest BCUT2D eigenvalue weighted by molar-refractivity contribution is 5.92. The van der Waals surface area contributed by atoms with Crippen LogP contribution in [-0.2, 0) is 23.9 Å². The molecule has 1 aromatic carbocycles. The Morgan fingerprint density at radius 3 is 2.61 bits per heavy atom. The molecule has 1 aromatic rings. The van der Waals surface area contributed by atoms with E-state index < -0.39 is 23.9 Å². The lowest BCUT2D eigenvalue weighted by Gasteiger charge is -2.34. The van der Waals surface area contributed by atoms with E-state index in [0.29, 0.717) is 12.3 Å². The maximum Gasteiger partial charge on any atom is 0.308 e. The normalized spacial score (nSPS) is 16.2. The Bertz CT molecular complexity index is 693. The lowest BCUT2D eigenvalue weighted by atomic mass is 10.1. The lowest BCUT2D eigenvalue weighted by molar-refractivity contribution is -0.152. The molecule has 28 heavy (non-hydrogen) atoms. The fourth-order valence-corrected chi connectivity index (χ4v) is 2.80. The predicted octanol–water partition coefficient (Wildman–Crippen LogP) is 0.581. The Morgan fingerprint density at radius 2 is 1.89 bits per heavy atom. The second-order valence-corrected chi connectivity index (χ2v) is 6.23. The Hall–Kier alpha value is -3.10. The second kappa shape index (κ2) is 10.9. The first-order valence-electron chi connectivity index (χ1n) is 9.10. The van der Waals surface area contributed by atoms with Crippen LogP contribution in [0.2, 0.25) is 0 Å². The van der Waals surface area contributed by atoms with Crippen LogP contribution in [-0.4, -0.2) is 66.1 Å². The van der Waals surface area contributed by atoms with Crippen LogP contribution in [0.15, 0.2) is 30.3 Å². The SMILES string of the molecule is O=C(O)CCCC(=O)N1CCNC(=O)[C@H]1CC(=O)OCCOc1ccccc1. The first-order chi connectivity index (χ1) is 13.5. The summed E-state index contributed by atoms with van der Waals surface area (Å²) in [5.41, 5.74) is 0. The van der Waals surface area contributed by atoms with Gasteiger partial charge >= 0.3 is 11.9 Å². The highest BCUT2D eigenvalue weighted by atomic mass is 16.6. The molecule has 152 valence electrons. The number of rotatable bonds is 10. The third kappa shape index (κ3) is 6.90. The number of carbonyl (C=O) groups is 4. The summed E-state index contributed by atoms with van der Waals surface area (Å²) in [6.45, 7) is 0.756. The lowest BCUT2D eigenvalue weighted by Crippen LogP contribution is -2.57. The van der Waals surface area contributed by atoms with Crippen LogP contribution >= 0.6 is 0 Å². The second-order valence-electron chi connectivity index (χ2n) is 6.23. The Balaban J connectivity index is 1.78. The Kier molecular flexibility index (Phi) is 8.26. The number of hydrogen-bond donors (Lipinski definition) is 2. The Morgan fingerprint density at radius 1 is 1.14 bits per heavy atom. The van der Waals surface area contributed by atoms with Gasteiger partial charge in [0.1, 0.15) is 25.0 Å². The van der Waals surface area contributed by atoms with Crippen molar-refractivity contribution in [3.63, 3.8) is 0 Å². The quantitative estimate of drug-likeness (QED) is 0.441. The molecule has 1 aliphatic heterocycles. The molecule has 0 unspecified atom stereocenters. The average Bonchev–Trinajstić information content (AvgIpc) is 2.67. The van der Waals surface area contributed by atoms with Crippen molar-refractivity contribution in [3.8, 4) is 5.75 Å². The summed E-state index contributed by atoms with van der Waals surface area (Å²) in [7, 11) is 0. The monoisotopic (exact) mass is 392 g/mol. The highest BCUT2D eigenvalue weighted by Crippen LogP contribution is 2.13. The summed E-state index contributed by atoms with van der Waals surface area (Å²) in [6.07, 6.45) is -0.196. The van der Waals surface area contributed by atoms with Crippen LogP contribution < -0.4 is 10.1 Å². The van der Waals surface area contributed by atoms with Crippen LogP contribution in [0.1, 0.15) is 25.7 Å². The molecule has 0 saturated carbocycles. The maximum absolute atomic E-state index is 12.3. The first kappa shape index (κ1) is 21.2. The number of aliphatic carboxylic acids is 1. The summed E-state index contributed by atoms with van der Waals surface area (Å²) >= 11 is 0. The number of carboxylic acids is 1. The van der Waals surface area contributed by atoms with Gasteiger partial charge in [-0.2, -0.15) is 0 Å². The van der Waals surface area contributed by atoms with Crippen molar-refractivity contribution < 1.29 is 33.8 Å². The number of hydrogen-bond acceptors (Lipinski definition) is 6.